The van der Waals surface area contributed by atoms with E-state index in [0.29, 0.717) is 12.8 Å². The predicted molar refractivity (Wildman–Crippen MR) is 225 cm³/mol. The van der Waals surface area contributed by atoms with Gasteiger partial charge in [0.25, 0.3) is 5.91 Å². The van der Waals surface area contributed by atoms with Gasteiger partial charge in [-0.25, -0.2) is 14.4 Å². The zero-order valence-electron chi connectivity index (χ0n) is 36.2. The lowest BCUT2D eigenvalue weighted by molar-refractivity contribution is -0.142. The van der Waals surface area contributed by atoms with E-state index in [1.54, 1.807) is 65.8 Å². The van der Waals surface area contributed by atoms with E-state index in [0.717, 1.165) is 30.4 Å². The smallest absolute Gasteiger partial charge is 0.407 e. The predicted octanol–water partition coefficient (Wildman–Crippen LogP) is 3.95. The van der Waals surface area contributed by atoms with Crippen molar-refractivity contribution in [1.82, 2.24) is 31.9 Å². The van der Waals surface area contributed by atoms with Crippen LogP contribution in [0, 0.1) is 0 Å². The number of hydrogen-bond acceptors (Lipinski definition) is 10. The summed E-state index contributed by atoms with van der Waals surface area (Å²) in [5.41, 5.74) is 1.72. The van der Waals surface area contributed by atoms with Crippen molar-refractivity contribution in [3.05, 3.63) is 59.7 Å². The van der Waals surface area contributed by atoms with Crippen molar-refractivity contribution in [2.75, 3.05) is 13.1 Å². The van der Waals surface area contributed by atoms with Crippen LogP contribution in [0.4, 0.5) is 9.59 Å². The number of nitrogens with one attached hydrogen (secondary N) is 6. The van der Waals surface area contributed by atoms with Crippen molar-refractivity contribution in [3.8, 4) is 11.1 Å². The maximum atomic E-state index is 13.7. The highest BCUT2D eigenvalue weighted by Crippen LogP contribution is 2.21. The van der Waals surface area contributed by atoms with E-state index in [4.69, 9.17) is 9.47 Å². The molecule has 0 aliphatic heterocycles. The molecule has 332 valence electrons. The average molecular weight is 841 g/mol. The van der Waals surface area contributed by atoms with Gasteiger partial charge < -0.3 is 51.6 Å². The number of unbranched alkanes of at least 4 members (excludes halogenated alkanes) is 2. The summed E-state index contributed by atoms with van der Waals surface area (Å²) in [5, 5.41) is 34.9. The molecule has 0 aliphatic rings. The first-order valence-electron chi connectivity index (χ1n) is 20.3. The molecule has 6 amide bonds. The zero-order chi connectivity index (χ0) is 45.2. The van der Waals surface area contributed by atoms with Crippen molar-refractivity contribution >= 4 is 41.8 Å². The highest BCUT2D eigenvalue weighted by atomic mass is 16.6. The monoisotopic (exact) mass is 840 g/mol. The molecule has 0 saturated carbocycles. The number of aryl methyl sites for hydroxylation is 1. The van der Waals surface area contributed by atoms with Crippen molar-refractivity contribution in [2.24, 2.45) is 0 Å². The maximum Gasteiger partial charge on any atom is 0.407 e. The zero-order valence-corrected chi connectivity index (χ0v) is 36.2. The van der Waals surface area contributed by atoms with E-state index >= 15 is 0 Å². The first-order chi connectivity index (χ1) is 28.0. The van der Waals surface area contributed by atoms with Crippen LogP contribution < -0.4 is 31.9 Å². The number of aliphatic hydroxyl groups excluding tert-OH is 1. The van der Waals surface area contributed by atoms with Gasteiger partial charge in [0.1, 0.15) is 35.4 Å². The van der Waals surface area contributed by atoms with Crippen LogP contribution in [0.25, 0.3) is 11.1 Å². The summed E-state index contributed by atoms with van der Waals surface area (Å²) in [6, 6.07) is 9.12. The number of carboxylic acids is 1. The number of carbonyl (C=O) groups is 7. The Hall–Kier alpha value is -5.71. The van der Waals surface area contributed by atoms with Crippen molar-refractivity contribution in [2.45, 2.75) is 142 Å². The van der Waals surface area contributed by atoms with Gasteiger partial charge in [-0.1, -0.05) is 49.7 Å². The van der Waals surface area contributed by atoms with E-state index in [1.165, 1.54) is 19.4 Å². The highest BCUT2D eigenvalue weighted by Gasteiger charge is 2.33. The normalized spacial score (nSPS) is 13.9. The summed E-state index contributed by atoms with van der Waals surface area (Å²) >= 11 is 0. The fourth-order valence-electron chi connectivity index (χ4n) is 5.57. The summed E-state index contributed by atoms with van der Waals surface area (Å²) in [7, 11) is 0. The molecule has 8 N–H and O–H groups in total. The van der Waals surface area contributed by atoms with Gasteiger partial charge in [0.15, 0.2) is 0 Å². The number of carboxylic acid groups (broad SMARTS) is 1. The number of hydrogen-bond donors (Lipinski definition) is 8. The lowest BCUT2D eigenvalue weighted by Crippen LogP contribution is -2.61. The largest absolute Gasteiger partial charge is 0.480 e. The van der Waals surface area contributed by atoms with Gasteiger partial charge in [-0.3, -0.25) is 19.2 Å². The number of carbonyl (C=O) groups excluding carboxylic acids is 6. The van der Waals surface area contributed by atoms with Crippen LogP contribution in [-0.4, -0.2) is 107 Å². The topological polar surface area (TPSA) is 251 Å². The minimum absolute atomic E-state index is 0.0195. The Morgan fingerprint density at radius 3 is 1.72 bits per heavy atom. The second-order valence-electron chi connectivity index (χ2n) is 16.6. The Labute approximate surface area is 352 Å². The van der Waals surface area contributed by atoms with Crippen molar-refractivity contribution in [3.63, 3.8) is 0 Å². The lowest BCUT2D eigenvalue weighted by Gasteiger charge is -2.27. The molecule has 0 saturated heterocycles. The number of ether oxygens (including phenoxy) is 2. The minimum atomic E-state index is -1.64. The number of benzene rings is 2. The van der Waals surface area contributed by atoms with Gasteiger partial charge in [-0.05, 0) is 116 Å². The van der Waals surface area contributed by atoms with Crippen molar-refractivity contribution < 1.29 is 53.2 Å². The second-order valence-corrected chi connectivity index (χ2v) is 16.6. The van der Waals surface area contributed by atoms with Crippen LogP contribution in [0.5, 0.6) is 0 Å². The van der Waals surface area contributed by atoms with E-state index in [1.807, 2.05) is 12.1 Å². The van der Waals surface area contributed by atoms with Gasteiger partial charge in [0, 0.05) is 12.1 Å². The molecular weight excluding hydrogens is 777 g/mol. The third-order valence-electron chi connectivity index (χ3n) is 8.74. The molecule has 2 aromatic rings. The van der Waals surface area contributed by atoms with Gasteiger partial charge >= 0.3 is 18.2 Å². The van der Waals surface area contributed by atoms with Crippen LogP contribution in [0.3, 0.4) is 0 Å². The van der Waals surface area contributed by atoms with E-state index in [-0.39, 0.29) is 18.5 Å². The van der Waals surface area contributed by atoms with E-state index in [9.17, 15) is 43.8 Å². The van der Waals surface area contributed by atoms with E-state index < -0.39 is 89.8 Å². The molecule has 2 rings (SSSR count). The molecule has 60 heavy (non-hydrogen) atoms. The molecule has 17 nitrogen and oxygen atoms in total. The molecule has 0 heterocycles. The highest BCUT2D eigenvalue weighted by molar-refractivity contribution is 5.99. The second kappa shape index (κ2) is 23.8. The van der Waals surface area contributed by atoms with Gasteiger partial charge in [-0.2, -0.15) is 0 Å². The molecule has 2 aromatic carbocycles. The molecule has 0 bridgehead atoms. The molecule has 5 atom stereocenters. The lowest BCUT2D eigenvalue weighted by atomic mass is 10.0. The summed E-state index contributed by atoms with van der Waals surface area (Å²) in [6.07, 6.45) is 0.934. The Bertz CT molecular complexity index is 1750. The first kappa shape index (κ1) is 50.4. The molecule has 0 unspecified atom stereocenters. The molecule has 0 aliphatic carbocycles. The SMILES string of the molecule is CCCCc1ccc(-c2ccc(C(=O)N[C@@H](CNC(=O)OC(C)(C)C)C(=O)N[C@H](C(=O)N[C@@H](C)C(=O)N[C@@H](CCCCNC(=O)OC(C)(C)C)C(=O)O)[C@@H](C)O)cc2)cc1. The summed E-state index contributed by atoms with van der Waals surface area (Å²) in [6.45, 7) is 14.5. The van der Waals surface area contributed by atoms with Crippen LogP contribution >= 0.6 is 0 Å². The quantitative estimate of drug-likeness (QED) is 0.0836. The number of amides is 6. The Morgan fingerprint density at radius 1 is 0.650 bits per heavy atom. The van der Waals surface area contributed by atoms with Gasteiger partial charge in [-0.15, -0.1) is 0 Å². The Balaban J connectivity index is 2.11. The fraction of sp³-hybridized carbons (Fsp3) is 0.558. The third-order valence-corrected chi connectivity index (χ3v) is 8.74. The van der Waals surface area contributed by atoms with Crippen LogP contribution in [-0.2, 0) is 35.1 Å². The molecule has 17 heteroatoms. The Kier molecular flexibility index (Phi) is 20.0. The van der Waals surface area contributed by atoms with Crippen molar-refractivity contribution in [1.29, 1.82) is 0 Å². The molecule has 0 radical (unpaired) electrons. The summed E-state index contributed by atoms with van der Waals surface area (Å²) in [5.74, 6) is -4.77. The summed E-state index contributed by atoms with van der Waals surface area (Å²) < 4.78 is 10.4. The van der Waals surface area contributed by atoms with Crippen LogP contribution in [0.15, 0.2) is 48.5 Å². The fourth-order valence-corrected chi connectivity index (χ4v) is 5.57. The van der Waals surface area contributed by atoms with Crippen LogP contribution in [0.2, 0.25) is 0 Å². The van der Waals surface area contributed by atoms with Crippen LogP contribution in [0.1, 0.15) is 110 Å². The standard InChI is InChI=1S/C43H64N6O11/c1-10-11-14-28-16-18-29(19-17-28)30-20-22-31(23-21-30)36(52)48-33(25-45-41(58)60-43(7,8)9)37(53)49-34(27(3)50)38(54)46-26(2)35(51)47-32(39(55)56)15-12-13-24-44-40(57)59-42(4,5)6/h16-23,26-27,32-34,50H,10-15,24-25H2,1-9H3,(H,44,57)(H,45,58)(H,46,54)(H,47,51)(H,48,52)(H,49,53)(H,55,56)/t26-,27+,32-,33-,34-/m0/s1. The number of aliphatic hydroxyl groups is 1. The average Bonchev–Trinajstić information content (AvgIpc) is 3.15. The number of alkyl carbamates (subject to hydrolysis) is 2. The van der Waals surface area contributed by atoms with Gasteiger partial charge in [0.2, 0.25) is 17.7 Å². The molecule has 0 aromatic heterocycles. The molecule has 0 spiro atoms. The summed E-state index contributed by atoms with van der Waals surface area (Å²) in [4.78, 5) is 89.6. The van der Waals surface area contributed by atoms with E-state index in [2.05, 4.69) is 51.0 Å². The molecular formula is C43H64N6O11. The van der Waals surface area contributed by atoms with Gasteiger partial charge in [0.05, 0.1) is 12.6 Å². The maximum absolute atomic E-state index is 13.7. The third kappa shape index (κ3) is 18.9. The molecule has 0 fully saturated rings. The number of rotatable bonds is 21. The number of aliphatic carboxylic acids is 1. The minimum Gasteiger partial charge on any atom is -0.480 e. The Morgan fingerprint density at radius 2 is 1.20 bits per heavy atom. The first-order valence-corrected chi connectivity index (χ1v) is 20.3.